The lowest BCUT2D eigenvalue weighted by Crippen LogP contribution is -2.10. The molecule has 142 valence electrons. The highest BCUT2D eigenvalue weighted by atomic mass is 32.2. The van der Waals surface area contributed by atoms with Crippen LogP contribution in [-0.4, -0.2) is 10.3 Å². The molecule has 0 saturated heterocycles. The molecule has 0 atom stereocenters. The van der Waals surface area contributed by atoms with Crippen molar-refractivity contribution in [3.63, 3.8) is 0 Å². The lowest BCUT2D eigenvalue weighted by Gasteiger charge is -2.20. The number of aryl methyl sites for hydroxylation is 2. The van der Waals surface area contributed by atoms with Gasteiger partial charge in [-0.25, -0.2) is 9.38 Å². The van der Waals surface area contributed by atoms with E-state index in [0.29, 0.717) is 5.25 Å². The first-order chi connectivity index (χ1) is 13.1. The van der Waals surface area contributed by atoms with Crippen LogP contribution in [0.15, 0.2) is 63.8 Å². The molecule has 2 aromatic rings. The van der Waals surface area contributed by atoms with E-state index in [1.807, 2.05) is 11.8 Å². The van der Waals surface area contributed by atoms with Crippen LogP contribution >= 0.6 is 23.5 Å². The highest BCUT2D eigenvalue weighted by Crippen LogP contribution is 2.31. The fourth-order valence-corrected chi connectivity index (χ4v) is 5.01. The minimum Gasteiger partial charge on any atom is -0.242 e. The second-order valence-electron chi connectivity index (χ2n) is 6.97. The van der Waals surface area contributed by atoms with Crippen molar-refractivity contribution in [2.75, 3.05) is 0 Å². The van der Waals surface area contributed by atoms with Crippen LogP contribution in [0.3, 0.4) is 0 Å². The molecule has 2 aromatic carbocycles. The Hall–Kier alpha value is -1.52. The zero-order valence-corrected chi connectivity index (χ0v) is 17.6. The lowest BCUT2D eigenvalue weighted by atomic mass is 10.0. The predicted octanol–water partition coefficient (Wildman–Crippen LogP) is 7.84. The number of halogens is 1. The van der Waals surface area contributed by atoms with Gasteiger partial charge in [-0.15, -0.1) is 11.8 Å². The number of hydrogen-bond donors (Lipinski definition) is 0. The Morgan fingerprint density at radius 3 is 2.44 bits per heavy atom. The molecule has 0 radical (unpaired) electrons. The number of thioether (sulfide) groups is 2. The summed E-state index contributed by atoms with van der Waals surface area (Å²) in [6, 6.07) is 13.0. The van der Waals surface area contributed by atoms with Gasteiger partial charge in [-0.1, -0.05) is 37.1 Å². The number of nitrogens with zero attached hydrogens (tertiary/aromatic N) is 1. The summed E-state index contributed by atoms with van der Waals surface area (Å²) in [5.41, 5.74) is 3.56. The van der Waals surface area contributed by atoms with Crippen molar-refractivity contribution in [2.45, 2.75) is 56.1 Å². The van der Waals surface area contributed by atoms with E-state index in [9.17, 15) is 4.39 Å². The molecule has 0 unspecified atom stereocenters. The first-order valence-electron chi connectivity index (χ1n) is 9.51. The molecule has 0 aromatic heterocycles. The Labute approximate surface area is 170 Å². The fourth-order valence-electron chi connectivity index (χ4n) is 3.06. The average Bonchev–Trinajstić information content (AvgIpc) is 2.67. The van der Waals surface area contributed by atoms with Crippen LogP contribution in [0.2, 0.25) is 0 Å². The highest BCUT2D eigenvalue weighted by Gasteiger charge is 2.15. The third kappa shape index (κ3) is 6.54. The minimum atomic E-state index is -0.201. The summed E-state index contributed by atoms with van der Waals surface area (Å²) in [5.74, 6) is -0.201. The van der Waals surface area contributed by atoms with E-state index in [0.717, 1.165) is 15.6 Å². The summed E-state index contributed by atoms with van der Waals surface area (Å²) in [6.07, 6.45) is 8.65. The Morgan fingerprint density at radius 1 is 1.00 bits per heavy atom. The van der Waals surface area contributed by atoms with Crippen molar-refractivity contribution >= 4 is 34.3 Å². The topological polar surface area (TPSA) is 12.4 Å². The van der Waals surface area contributed by atoms with Crippen molar-refractivity contribution < 1.29 is 4.39 Å². The molecule has 27 heavy (non-hydrogen) atoms. The fraction of sp³-hybridized carbons (Fsp3) is 0.348. The van der Waals surface area contributed by atoms with E-state index in [4.69, 9.17) is 4.99 Å². The quantitative estimate of drug-likeness (QED) is 0.288. The Bertz CT molecular complexity index is 806. The maximum atomic E-state index is 13.1. The van der Waals surface area contributed by atoms with E-state index in [1.54, 1.807) is 23.9 Å². The van der Waals surface area contributed by atoms with Crippen molar-refractivity contribution in [1.82, 2.24) is 0 Å². The molecule has 1 aliphatic carbocycles. The Morgan fingerprint density at radius 2 is 1.74 bits per heavy atom. The number of aliphatic imine (C=N–C) groups is 1. The van der Waals surface area contributed by atoms with Crippen molar-refractivity contribution in [2.24, 2.45) is 4.99 Å². The van der Waals surface area contributed by atoms with Gasteiger partial charge in [-0.05, 0) is 85.7 Å². The monoisotopic (exact) mass is 399 g/mol. The molecule has 1 saturated carbocycles. The van der Waals surface area contributed by atoms with Gasteiger partial charge < -0.3 is 0 Å². The smallest absolute Gasteiger partial charge is 0.123 e. The van der Waals surface area contributed by atoms with Crippen molar-refractivity contribution in [3.8, 4) is 0 Å². The molecule has 1 fully saturated rings. The minimum absolute atomic E-state index is 0.201. The number of hydrogen-bond acceptors (Lipinski definition) is 3. The van der Waals surface area contributed by atoms with Gasteiger partial charge in [-0.3, -0.25) is 0 Å². The molecule has 0 spiro atoms. The van der Waals surface area contributed by atoms with Gasteiger partial charge in [0.2, 0.25) is 0 Å². The van der Waals surface area contributed by atoms with Crippen LogP contribution in [0.25, 0.3) is 0 Å². The molecule has 0 amide bonds. The number of benzene rings is 2. The summed E-state index contributed by atoms with van der Waals surface area (Å²) in [6.45, 7) is 4.25. The average molecular weight is 400 g/mol. The first kappa shape index (κ1) is 20.2. The summed E-state index contributed by atoms with van der Waals surface area (Å²) >= 11 is 3.49. The summed E-state index contributed by atoms with van der Waals surface area (Å²) < 4.78 is 13.1. The zero-order chi connectivity index (χ0) is 19.1. The van der Waals surface area contributed by atoms with E-state index in [2.05, 4.69) is 43.5 Å². The van der Waals surface area contributed by atoms with Gasteiger partial charge in [0.15, 0.2) is 0 Å². The van der Waals surface area contributed by atoms with Gasteiger partial charge in [-0.2, -0.15) is 0 Å². The first-order valence-corrected chi connectivity index (χ1v) is 11.3. The van der Waals surface area contributed by atoms with Gasteiger partial charge in [0, 0.05) is 10.1 Å². The molecule has 0 N–H and O–H groups in total. The van der Waals surface area contributed by atoms with Crippen LogP contribution in [0, 0.1) is 19.7 Å². The molecule has 0 aliphatic heterocycles. The van der Waals surface area contributed by atoms with Crippen molar-refractivity contribution in [3.05, 3.63) is 70.9 Å². The second kappa shape index (κ2) is 10.1. The van der Waals surface area contributed by atoms with E-state index in [1.165, 1.54) is 55.4 Å². The van der Waals surface area contributed by atoms with Crippen molar-refractivity contribution in [1.29, 1.82) is 0 Å². The van der Waals surface area contributed by atoms with E-state index < -0.39 is 0 Å². The molecule has 3 rings (SSSR count). The standard InChI is InChI=1S/C23H26FNS2/c1-17-8-11-20(16-18(17)2)25-23(27-22-6-4-3-5-7-22)14-15-26-21-12-9-19(24)10-13-21/h8-16,22H,3-7H2,1-2H3. The third-order valence-corrected chi connectivity index (χ3v) is 6.89. The molecule has 0 heterocycles. The van der Waals surface area contributed by atoms with Crippen LogP contribution in [-0.2, 0) is 0 Å². The lowest BCUT2D eigenvalue weighted by molar-refractivity contribution is 0.517. The molecule has 1 aliphatic rings. The zero-order valence-electron chi connectivity index (χ0n) is 16.0. The van der Waals surface area contributed by atoms with E-state index in [-0.39, 0.29) is 5.82 Å². The van der Waals surface area contributed by atoms with Gasteiger partial charge in [0.05, 0.1) is 10.7 Å². The summed E-state index contributed by atoms with van der Waals surface area (Å²) in [4.78, 5) is 5.95. The van der Waals surface area contributed by atoms with Gasteiger partial charge in [0.1, 0.15) is 5.82 Å². The number of rotatable bonds is 5. The Balaban J connectivity index is 1.75. The van der Waals surface area contributed by atoms with Gasteiger partial charge in [0.25, 0.3) is 0 Å². The second-order valence-corrected chi connectivity index (χ2v) is 9.27. The SMILES string of the molecule is Cc1ccc(N=C(C=CSc2ccc(F)cc2)SC2CCCCC2)cc1C. The predicted molar refractivity (Wildman–Crippen MR) is 119 cm³/mol. The summed E-state index contributed by atoms with van der Waals surface area (Å²) in [5, 5.41) is 3.77. The largest absolute Gasteiger partial charge is 0.242 e. The Kier molecular flexibility index (Phi) is 7.59. The van der Waals surface area contributed by atoms with Crippen LogP contribution in [0.1, 0.15) is 43.2 Å². The molecule has 4 heteroatoms. The van der Waals surface area contributed by atoms with Crippen LogP contribution in [0.5, 0.6) is 0 Å². The maximum Gasteiger partial charge on any atom is 0.123 e. The maximum absolute atomic E-state index is 13.1. The van der Waals surface area contributed by atoms with Crippen LogP contribution in [0.4, 0.5) is 10.1 Å². The molecular weight excluding hydrogens is 373 g/mol. The van der Waals surface area contributed by atoms with Gasteiger partial charge >= 0.3 is 0 Å². The highest BCUT2D eigenvalue weighted by molar-refractivity contribution is 8.15. The molecular formula is C23H26FNS2. The summed E-state index contributed by atoms with van der Waals surface area (Å²) in [7, 11) is 0. The molecule has 0 bridgehead atoms. The molecule has 1 nitrogen and oxygen atoms in total. The van der Waals surface area contributed by atoms with E-state index >= 15 is 0 Å². The third-order valence-electron chi connectivity index (χ3n) is 4.80. The normalized spacial score (nSPS) is 16.2. The van der Waals surface area contributed by atoms with Crippen LogP contribution < -0.4 is 0 Å².